The molecule has 0 saturated heterocycles. The summed E-state index contributed by atoms with van der Waals surface area (Å²) in [6.45, 7) is -0.351. The van der Waals surface area contributed by atoms with Crippen LogP contribution in [-0.2, 0) is 9.53 Å². The zero-order valence-electron chi connectivity index (χ0n) is 10.8. The van der Waals surface area contributed by atoms with E-state index in [0.717, 1.165) is 3.57 Å². The smallest absolute Gasteiger partial charge is 0.339 e. The molecule has 0 aliphatic heterocycles. The first-order chi connectivity index (χ1) is 10.1. The maximum Gasteiger partial charge on any atom is 0.339 e. The van der Waals surface area contributed by atoms with Crippen LogP contribution in [-0.4, -0.2) is 18.5 Å². The lowest BCUT2D eigenvalue weighted by Gasteiger charge is -2.07. The van der Waals surface area contributed by atoms with Gasteiger partial charge in [-0.1, -0.05) is 29.8 Å². The Bertz CT molecular complexity index is 675. The Balaban J connectivity index is 1.90. The lowest BCUT2D eigenvalue weighted by atomic mass is 10.2. The van der Waals surface area contributed by atoms with E-state index in [-0.39, 0.29) is 6.61 Å². The van der Waals surface area contributed by atoms with Crippen molar-refractivity contribution in [2.45, 2.75) is 0 Å². The maximum absolute atomic E-state index is 11.8. The number of amides is 1. The molecule has 0 fully saturated rings. The number of hydrogen-bond acceptors (Lipinski definition) is 3. The van der Waals surface area contributed by atoms with Crippen molar-refractivity contribution in [2.24, 2.45) is 0 Å². The van der Waals surface area contributed by atoms with E-state index >= 15 is 0 Å². The minimum absolute atomic E-state index is 0.351. The van der Waals surface area contributed by atoms with E-state index < -0.39 is 11.9 Å². The van der Waals surface area contributed by atoms with Crippen molar-refractivity contribution in [3.63, 3.8) is 0 Å². The maximum atomic E-state index is 11.8. The third-order valence-corrected chi connectivity index (χ3v) is 3.71. The molecule has 0 aromatic heterocycles. The summed E-state index contributed by atoms with van der Waals surface area (Å²) < 4.78 is 5.76. The van der Waals surface area contributed by atoms with Crippen LogP contribution in [0.4, 0.5) is 5.69 Å². The van der Waals surface area contributed by atoms with Gasteiger partial charge in [0.05, 0.1) is 5.56 Å². The van der Waals surface area contributed by atoms with Gasteiger partial charge in [-0.25, -0.2) is 4.79 Å². The van der Waals surface area contributed by atoms with Crippen molar-refractivity contribution in [3.8, 4) is 0 Å². The fraction of sp³-hybridized carbons (Fsp3) is 0.0667. The van der Waals surface area contributed by atoms with Crippen LogP contribution in [0.2, 0.25) is 5.02 Å². The van der Waals surface area contributed by atoms with Crippen LogP contribution < -0.4 is 5.32 Å². The molecule has 4 nitrogen and oxygen atoms in total. The largest absolute Gasteiger partial charge is 0.452 e. The highest BCUT2D eigenvalue weighted by Crippen LogP contribution is 2.15. The normalized spacial score (nSPS) is 10.0. The van der Waals surface area contributed by atoms with Crippen molar-refractivity contribution >= 4 is 51.8 Å². The Morgan fingerprint density at radius 1 is 1.14 bits per heavy atom. The first-order valence-corrected chi connectivity index (χ1v) is 7.49. The van der Waals surface area contributed by atoms with E-state index in [1.165, 1.54) is 0 Å². The molecule has 0 bridgehead atoms. The van der Waals surface area contributed by atoms with Gasteiger partial charge in [0.1, 0.15) is 0 Å². The SMILES string of the molecule is O=C(COC(=O)c1ccccc1I)Nc1cccc(Cl)c1. The molecule has 1 N–H and O–H groups in total. The molecule has 0 radical (unpaired) electrons. The summed E-state index contributed by atoms with van der Waals surface area (Å²) in [5.74, 6) is -0.946. The second-order valence-corrected chi connectivity index (χ2v) is 5.71. The summed E-state index contributed by atoms with van der Waals surface area (Å²) >= 11 is 7.85. The van der Waals surface area contributed by atoms with Crippen molar-refractivity contribution in [2.75, 3.05) is 11.9 Å². The molecule has 0 heterocycles. The third-order valence-electron chi connectivity index (χ3n) is 2.54. The first kappa shape index (κ1) is 15.8. The zero-order chi connectivity index (χ0) is 15.2. The summed E-state index contributed by atoms with van der Waals surface area (Å²) in [4.78, 5) is 23.6. The van der Waals surface area contributed by atoms with Gasteiger partial charge < -0.3 is 10.1 Å². The second kappa shape index (κ2) is 7.42. The molecule has 0 unspecified atom stereocenters. The number of esters is 1. The Morgan fingerprint density at radius 3 is 2.62 bits per heavy atom. The quantitative estimate of drug-likeness (QED) is 0.611. The summed E-state index contributed by atoms with van der Waals surface area (Å²) in [7, 11) is 0. The van der Waals surface area contributed by atoms with Gasteiger partial charge in [-0.05, 0) is 52.9 Å². The van der Waals surface area contributed by atoms with Gasteiger partial charge in [0.25, 0.3) is 5.91 Å². The molecule has 0 saturated carbocycles. The number of ether oxygens (including phenoxy) is 1. The number of nitrogens with one attached hydrogen (secondary N) is 1. The fourth-order valence-electron chi connectivity index (χ4n) is 1.60. The third kappa shape index (κ3) is 4.71. The highest BCUT2D eigenvalue weighted by atomic mass is 127. The lowest BCUT2D eigenvalue weighted by Crippen LogP contribution is -2.21. The molecular weight excluding hydrogens is 405 g/mol. The predicted molar refractivity (Wildman–Crippen MR) is 89.5 cm³/mol. The van der Waals surface area contributed by atoms with Crippen molar-refractivity contribution in [3.05, 3.63) is 62.7 Å². The Kier molecular flexibility index (Phi) is 5.58. The van der Waals surface area contributed by atoms with E-state index in [0.29, 0.717) is 16.3 Å². The number of carbonyl (C=O) groups excluding carboxylic acids is 2. The minimum Gasteiger partial charge on any atom is -0.452 e. The number of hydrogen-bond donors (Lipinski definition) is 1. The highest BCUT2D eigenvalue weighted by Gasteiger charge is 2.12. The molecule has 2 aromatic rings. The topological polar surface area (TPSA) is 55.4 Å². The number of benzene rings is 2. The molecule has 0 spiro atoms. The monoisotopic (exact) mass is 415 g/mol. The van der Waals surface area contributed by atoms with Crippen LogP contribution in [0.25, 0.3) is 0 Å². The van der Waals surface area contributed by atoms with E-state index in [1.54, 1.807) is 42.5 Å². The number of halogens is 2. The molecular formula is C15H11ClINO3. The van der Waals surface area contributed by atoms with Gasteiger partial charge in [0.2, 0.25) is 0 Å². The summed E-state index contributed by atoms with van der Waals surface area (Å²) in [6.07, 6.45) is 0. The van der Waals surface area contributed by atoms with E-state index in [1.807, 2.05) is 28.7 Å². The van der Waals surface area contributed by atoms with Gasteiger partial charge in [0, 0.05) is 14.3 Å². The van der Waals surface area contributed by atoms with Crippen LogP contribution in [0.3, 0.4) is 0 Å². The molecule has 0 aliphatic rings. The summed E-state index contributed by atoms with van der Waals surface area (Å²) in [5, 5.41) is 3.12. The average molecular weight is 416 g/mol. The van der Waals surface area contributed by atoms with Crippen LogP contribution >= 0.6 is 34.2 Å². The van der Waals surface area contributed by atoms with Crippen molar-refractivity contribution in [1.29, 1.82) is 0 Å². The molecule has 2 rings (SSSR count). The summed E-state index contributed by atoms with van der Waals surface area (Å²) in [6, 6.07) is 13.7. The number of carbonyl (C=O) groups is 2. The van der Waals surface area contributed by atoms with Gasteiger partial charge >= 0.3 is 5.97 Å². The minimum atomic E-state index is -0.527. The number of rotatable bonds is 4. The number of anilines is 1. The zero-order valence-corrected chi connectivity index (χ0v) is 13.7. The Morgan fingerprint density at radius 2 is 1.90 bits per heavy atom. The van der Waals surface area contributed by atoms with E-state index in [2.05, 4.69) is 5.32 Å². The van der Waals surface area contributed by atoms with Crippen LogP contribution in [0, 0.1) is 3.57 Å². The molecule has 0 atom stereocenters. The molecule has 2 aromatic carbocycles. The highest BCUT2D eigenvalue weighted by molar-refractivity contribution is 14.1. The van der Waals surface area contributed by atoms with Crippen molar-refractivity contribution in [1.82, 2.24) is 0 Å². The summed E-state index contributed by atoms with van der Waals surface area (Å²) in [5.41, 5.74) is 0.992. The molecule has 21 heavy (non-hydrogen) atoms. The van der Waals surface area contributed by atoms with Crippen LogP contribution in [0.1, 0.15) is 10.4 Å². The molecule has 108 valence electrons. The Labute approximate surface area is 140 Å². The van der Waals surface area contributed by atoms with Crippen LogP contribution in [0.5, 0.6) is 0 Å². The van der Waals surface area contributed by atoms with Gasteiger partial charge in [-0.15, -0.1) is 0 Å². The first-order valence-electron chi connectivity index (χ1n) is 6.03. The van der Waals surface area contributed by atoms with Crippen LogP contribution in [0.15, 0.2) is 48.5 Å². The molecule has 6 heteroatoms. The van der Waals surface area contributed by atoms with E-state index in [4.69, 9.17) is 16.3 Å². The molecule has 1 amide bonds. The van der Waals surface area contributed by atoms with Gasteiger partial charge in [-0.2, -0.15) is 0 Å². The van der Waals surface area contributed by atoms with Crippen molar-refractivity contribution < 1.29 is 14.3 Å². The second-order valence-electron chi connectivity index (χ2n) is 4.11. The van der Waals surface area contributed by atoms with Gasteiger partial charge in [0.15, 0.2) is 6.61 Å². The Hall–Kier alpha value is -1.60. The molecule has 0 aliphatic carbocycles. The van der Waals surface area contributed by atoms with E-state index in [9.17, 15) is 9.59 Å². The van der Waals surface area contributed by atoms with Gasteiger partial charge in [-0.3, -0.25) is 4.79 Å². The standard InChI is InChI=1S/C15H11ClINO3/c16-10-4-3-5-11(8-10)18-14(19)9-21-15(20)12-6-1-2-7-13(12)17/h1-8H,9H2,(H,18,19). The fourth-order valence-corrected chi connectivity index (χ4v) is 2.40. The predicted octanol–water partition coefficient (Wildman–Crippen LogP) is 3.74. The average Bonchev–Trinajstić information content (AvgIpc) is 2.45. The lowest BCUT2D eigenvalue weighted by molar-refractivity contribution is -0.119.